The molecule has 29 heavy (non-hydrogen) atoms. The molecule has 1 amide bonds. The molecule has 0 spiro atoms. The highest BCUT2D eigenvalue weighted by atomic mass is 16.5. The van der Waals surface area contributed by atoms with E-state index in [1.54, 1.807) is 6.20 Å². The summed E-state index contributed by atoms with van der Waals surface area (Å²) in [4.78, 5) is 17.0. The van der Waals surface area contributed by atoms with Gasteiger partial charge in [0.15, 0.2) is 0 Å². The van der Waals surface area contributed by atoms with Gasteiger partial charge in [-0.2, -0.15) is 0 Å². The van der Waals surface area contributed by atoms with Gasteiger partial charge in [-0.05, 0) is 53.8 Å². The van der Waals surface area contributed by atoms with E-state index in [9.17, 15) is 4.79 Å². The summed E-state index contributed by atoms with van der Waals surface area (Å²) >= 11 is 0. The molecule has 150 valence electrons. The Morgan fingerprint density at radius 2 is 1.69 bits per heavy atom. The van der Waals surface area contributed by atoms with Crippen LogP contribution in [0.5, 0.6) is 5.75 Å². The zero-order valence-corrected chi connectivity index (χ0v) is 17.5. The van der Waals surface area contributed by atoms with Crippen molar-refractivity contribution in [2.75, 3.05) is 11.9 Å². The fourth-order valence-corrected chi connectivity index (χ4v) is 2.97. The van der Waals surface area contributed by atoms with Crippen LogP contribution < -0.4 is 10.1 Å². The van der Waals surface area contributed by atoms with Crippen LogP contribution >= 0.6 is 0 Å². The summed E-state index contributed by atoms with van der Waals surface area (Å²) < 4.78 is 5.79. The summed E-state index contributed by atoms with van der Waals surface area (Å²) in [5.41, 5.74) is 4.40. The Morgan fingerprint density at radius 1 is 1.00 bits per heavy atom. The van der Waals surface area contributed by atoms with Crippen molar-refractivity contribution in [3.05, 3.63) is 78.0 Å². The van der Waals surface area contributed by atoms with E-state index in [2.05, 4.69) is 50.1 Å². The van der Waals surface area contributed by atoms with Crippen LogP contribution in [-0.4, -0.2) is 17.5 Å². The van der Waals surface area contributed by atoms with E-state index in [0.29, 0.717) is 12.2 Å². The van der Waals surface area contributed by atoms with Crippen molar-refractivity contribution in [1.29, 1.82) is 0 Å². The summed E-state index contributed by atoms with van der Waals surface area (Å²) in [6, 6.07) is 19.2. The number of nitrogens with one attached hydrogen (secondary N) is 1. The highest BCUT2D eigenvalue weighted by Crippen LogP contribution is 2.28. The lowest BCUT2D eigenvalue weighted by atomic mass is 9.87. The molecule has 0 fully saturated rings. The zero-order valence-electron chi connectivity index (χ0n) is 17.5. The molecule has 0 saturated carbocycles. The number of ether oxygens (including phenoxy) is 1. The number of rotatable bonds is 6. The van der Waals surface area contributed by atoms with Gasteiger partial charge in [0.1, 0.15) is 11.4 Å². The van der Waals surface area contributed by atoms with E-state index in [0.717, 1.165) is 29.1 Å². The summed E-state index contributed by atoms with van der Waals surface area (Å²) in [6.45, 7) is 9.22. The van der Waals surface area contributed by atoms with Crippen LogP contribution in [0.4, 0.5) is 5.69 Å². The van der Waals surface area contributed by atoms with Crippen molar-refractivity contribution in [1.82, 2.24) is 4.98 Å². The lowest BCUT2D eigenvalue weighted by molar-refractivity contribution is 0.102. The number of nitrogens with zero attached hydrogens (tertiary/aromatic N) is 1. The molecular weight excluding hydrogens is 360 g/mol. The number of carbonyl (C=O) groups excluding carboxylic acids is 1. The molecule has 0 aliphatic carbocycles. The maximum atomic E-state index is 12.6. The first-order valence-electron chi connectivity index (χ1n) is 9.98. The third-order valence-corrected chi connectivity index (χ3v) is 4.66. The molecule has 0 atom stereocenters. The highest BCUT2D eigenvalue weighted by Gasteiger charge is 2.14. The van der Waals surface area contributed by atoms with Gasteiger partial charge >= 0.3 is 0 Å². The van der Waals surface area contributed by atoms with Crippen molar-refractivity contribution in [2.45, 2.75) is 39.5 Å². The quantitative estimate of drug-likeness (QED) is 0.556. The van der Waals surface area contributed by atoms with Crippen molar-refractivity contribution in [2.24, 2.45) is 0 Å². The Morgan fingerprint density at radius 3 is 2.31 bits per heavy atom. The average molecular weight is 389 g/mol. The number of carbonyl (C=O) groups is 1. The van der Waals surface area contributed by atoms with E-state index in [4.69, 9.17) is 4.74 Å². The Kier molecular flexibility index (Phi) is 6.32. The monoisotopic (exact) mass is 388 g/mol. The number of amides is 1. The SMILES string of the molecule is CCCOc1cccnc1-c1ccc(C(=O)Nc2ccc(C(C)(C)C)cc2)cc1. The van der Waals surface area contributed by atoms with E-state index in [1.165, 1.54) is 5.56 Å². The molecule has 1 N–H and O–H groups in total. The van der Waals surface area contributed by atoms with Gasteiger partial charge in [0.2, 0.25) is 0 Å². The fraction of sp³-hybridized carbons (Fsp3) is 0.280. The van der Waals surface area contributed by atoms with E-state index in [1.807, 2.05) is 48.5 Å². The van der Waals surface area contributed by atoms with Crippen LogP contribution in [0.15, 0.2) is 66.9 Å². The van der Waals surface area contributed by atoms with E-state index in [-0.39, 0.29) is 11.3 Å². The van der Waals surface area contributed by atoms with Crippen LogP contribution in [0, 0.1) is 0 Å². The molecule has 0 aliphatic rings. The first kappa shape index (κ1) is 20.6. The summed E-state index contributed by atoms with van der Waals surface area (Å²) in [5, 5.41) is 2.96. The Balaban J connectivity index is 1.73. The van der Waals surface area contributed by atoms with Gasteiger partial charge < -0.3 is 10.1 Å². The second-order valence-electron chi connectivity index (χ2n) is 8.06. The molecule has 0 radical (unpaired) electrons. The minimum absolute atomic E-state index is 0.0868. The zero-order chi connectivity index (χ0) is 20.9. The lowest BCUT2D eigenvalue weighted by Gasteiger charge is -2.19. The smallest absolute Gasteiger partial charge is 0.255 e. The minimum atomic E-state index is -0.136. The summed E-state index contributed by atoms with van der Waals surface area (Å²) in [7, 11) is 0. The molecule has 4 heteroatoms. The molecule has 0 unspecified atom stereocenters. The van der Waals surface area contributed by atoms with E-state index >= 15 is 0 Å². The van der Waals surface area contributed by atoms with Crippen molar-refractivity contribution >= 4 is 11.6 Å². The molecule has 0 aliphatic heterocycles. The van der Waals surface area contributed by atoms with Crippen LogP contribution in [0.1, 0.15) is 50.0 Å². The number of anilines is 1. The van der Waals surface area contributed by atoms with E-state index < -0.39 is 0 Å². The van der Waals surface area contributed by atoms with Crippen molar-refractivity contribution in [3.8, 4) is 17.0 Å². The van der Waals surface area contributed by atoms with Gasteiger partial charge in [0.05, 0.1) is 6.61 Å². The maximum absolute atomic E-state index is 12.6. The first-order chi connectivity index (χ1) is 13.9. The lowest BCUT2D eigenvalue weighted by Crippen LogP contribution is -2.13. The number of aromatic nitrogens is 1. The van der Waals surface area contributed by atoms with Crippen LogP contribution in [0.3, 0.4) is 0 Å². The molecule has 1 heterocycles. The molecule has 3 rings (SSSR count). The van der Waals surface area contributed by atoms with Gasteiger partial charge in [0, 0.05) is 23.0 Å². The highest BCUT2D eigenvalue weighted by molar-refractivity contribution is 6.04. The first-order valence-corrected chi connectivity index (χ1v) is 9.98. The van der Waals surface area contributed by atoms with Crippen LogP contribution in [0.25, 0.3) is 11.3 Å². The summed E-state index contributed by atoms with van der Waals surface area (Å²) in [6.07, 6.45) is 2.68. The Labute approximate surface area is 173 Å². The number of hydrogen-bond donors (Lipinski definition) is 1. The minimum Gasteiger partial charge on any atom is -0.491 e. The van der Waals surface area contributed by atoms with Gasteiger partial charge in [-0.1, -0.05) is 52.0 Å². The molecule has 1 aromatic heterocycles. The normalized spacial score (nSPS) is 11.2. The number of hydrogen-bond acceptors (Lipinski definition) is 3. The second-order valence-corrected chi connectivity index (χ2v) is 8.06. The Hall–Kier alpha value is -3.14. The number of benzene rings is 2. The van der Waals surface area contributed by atoms with Gasteiger partial charge in [-0.15, -0.1) is 0 Å². The van der Waals surface area contributed by atoms with Crippen molar-refractivity contribution < 1.29 is 9.53 Å². The third kappa shape index (κ3) is 5.23. The molecule has 2 aromatic carbocycles. The van der Waals surface area contributed by atoms with Crippen LogP contribution in [-0.2, 0) is 5.41 Å². The predicted octanol–water partition coefficient (Wildman–Crippen LogP) is 6.09. The molecule has 4 nitrogen and oxygen atoms in total. The molecular formula is C25H28N2O2. The number of pyridine rings is 1. The van der Waals surface area contributed by atoms with Crippen LogP contribution in [0.2, 0.25) is 0 Å². The van der Waals surface area contributed by atoms with Gasteiger partial charge in [-0.25, -0.2) is 0 Å². The average Bonchev–Trinajstić information content (AvgIpc) is 2.72. The molecule has 3 aromatic rings. The summed E-state index contributed by atoms with van der Waals surface area (Å²) in [5.74, 6) is 0.619. The largest absolute Gasteiger partial charge is 0.491 e. The second kappa shape index (κ2) is 8.91. The van der Waals surface area contributed by atoms with Gasteiger partial charge in [-0.3, -0.25) is 9.78 Å². The molecule has 0 saturated heterocycles. The molecule has 0 bridgehead atoms. The third-order valence-electron chi connectivity index (χ3n) is 4.66. The fourth-order valence-electron chi connectivity index (χ4n) is 2.97. The standard InChI is InChI=1S/C25H28N2O2/c1-5-17-29-22-7-6-16-26-23(22)18-8-10-19(11-9-18)24(28)27-21-14-12-20(13-15-21)25(2,3)4/h6-16H,5,17H2,1-4H3,(H,27,28). The van der Waals surface area contributed by atoms with Gasteiger partial charge in [0.25, 0.3) is 5.91 Å². The maximum Gasteiger partial charge on any atom is 0.255 e. The topological polar surface area (TPSA) is 51.2 Å². The predicted molar refractivity (Wildman–Crippen MR) is 119 cm³/mol. The Bertz CT molecular complexity index is 955. The van der Waals surface area contributed by atoms with Crippen molar-refractivity contribution in [3.63, 3.8) is 0 Å².